The predicted molar refractivity (Wildman–Crippen MR) is 316 cm³/mol. The Balaban J connectivity index is 0.000000144. The Hall–Kier alpha value is -9.55. The summed E-state index contributed by atoms with van der Waals surface area (Å²) in [5.41, 5.74) is 8.98. The van der Waals surface area contributed by atoms with Gasteiger partial charge in [0.25, 0.3) is 16.7 Å². The van der Waals surface area contributed by atoms with Crippen LogP contribution in [-0.2, 0) is 0 Å². The van der Waals surface area contributed by atoms with Gasteiger partial charge in [-0.05, 0) is 95.9 Å². The number of para-hydroxylation sites is 2. The van der Waals surface area contributed by atoms with E-state index in [1.807, 2.05) is 131 Å². The molecular weight excluding hydrogens is 1080 g/mol. The van der Waals surface area contributed by atoms with E-state index in [0.29, 0.717) is 73.9 Å². The maximum Gasteiger partial charge on any atom is 0.279 e. The molecular formula is C56H46N12O7S4. The lowest BCUT2D eigenvalue weighted by atomic mass is 10.0. The summed E-state index contributed by atoms with van der Waals surface area (Å²) >= 11 is 13.3. The van der Waals surface area contributed by atoms with Crippen LogP contribution < -0.4 is 51.8 Å². The van der Waals surface area contributed by atoms with Crippen molar-refractivity contribution in [1.29, 1.82) is 0 Å². The van der Waals surface area contributed by atoms with Gasteiger partial charge in [0.05, 0.1) is 51.2 Å². The number of rotatable bonds is 10. The molecule has 0 saturated carbocycles. The van der Waals surface area contributed by atoms with Gasteiger partial charge in [-0.15, -0.1) is 0 Å². The number of ether oxygens (including phenoxy) is 4. The second-order valence-corrected chi connectivity index (χ2v) is 19.0. The van der Waals surface area contributed by atoms with Gasteiger partial charge < -0.3 is 39.2 Å². The molecule has 19 nitrogen and oxygen atoms in total. The highest BCUT2D eigenvalue weighted by molar-refractivity contribution is 7.71. The maximum atomic E-state index is 12.4. The molecule has 396 valence electrons. The normalized spacial score (nSPS) is 11.4. The van der Waals surface area contributed by atoms with Gasteiger partial charge in [-0.2, -0.15) is 22.7 Å². The molecule has 0 amide bonds. The largest absolute Gasteiger partial charge is 0.497 e. The van der Waals surface area contributed by atoms with Crippen molar-refractivity contribution in [3.8, 4) is 68.0 Å². The van der Waals surface area contributed by atoms with E-state index in [2.05, 4.69) is 66.7 Å². The zero-order chi connectivity index (χ0) is 54.5. The summed E-state index contributed by atoms with van der Waals surface area (Å²) in [6.07, 6.45) is 0. The summed E-state index contributed by atoms with van der Waals surface area (Å²) in [4.78, 5) is 77.8. The topological polar surface area (TPSA) is 256 Å². The van der Waals surface area contributed by atoms with Crippen molar-refractivity contribution in [2.45, 2.75) is 7.43 Å². The zero-order valence-electron chi connectivity index (χ0n) is 41.6. The van der Waals surface area contributed by atoms with Crippen molar-refractivity contribution in [1.82, 2.24) is 49.8 Å². The van der Waals surface area contributed by atoms with Crippen LogP contribution in [0.25, 0.3) is 85.3 Å². The lowest BCUT2D eigenvalue weighted by Gasteiger charge is -2.17. The molecule has 0 spiro atoms. The fraction of sp³-hybridized carbons (Fsp3) is 0.0893. The molecule has 23 heteroatoms. The molecule has 4 aromatic carbocycles. The van der Waals surface area contributed by atoms with Crippen molar-refractivity contribution in [2.75, 3.05) is 33.8 Å². The minimum absolute atomic E-state index is 0. The number of hydrogen-bond acceptors (Lipinski definition) is 18. The first kappa shape index (κ1) is 54.2. The predicted octanol–water partition coefficient (Wildman–Crippen LogP) is 9.96. The molecule has 0 aliphatic carbocycles. The molecule has 1 aliphatic rings. The summed E-state index contributed by atoms with van der Waals surface area (Å²) in [6, 6.07) is 33.8. The van der Waals surface area contributed by atoms with Crippen LogP contribution in [0.5, 0.6) is 23.0 Å². The first-order valence-electron chi connectivity index (χ1n) is 23.3. The van der Waals surface area contributed by atoms with Crippen molar-refractivity contribution in [2.24, 2.45) is 4.99 Å². The van der Waals surface area contributed by atoms with Crippen LogP contribution in [0.4, 0.5) is 5.82 Å². The molecule has 79 heavy (non-hydrogen) atoms. The summed E-state index contributed by atoms with van der Waals surface area (Å²) in [6.45, 7) is 3.69. The van der Waals surface area contributed by atoms with Crippen molar-refractivity contribution < 1.29 is 18.9 Å². The second-order valence-electron chi connectivity index (χ2n) is 16.6. The van der Waals surface area contributed by atoms with E-state index in [-0.39, 0.29) is 38.9 Å². The molecule has 0 radical (unpaired) electrons. The van der Waals surface area contributed by atoms with Gasteiger partial charge >= 0.3 is 0 Å². The summed E-state index contributed by atoms with van der Waals surface area (Å²) in [5.74, 6) is 3.06. The number of nitrogens with zero attached hydrogens (tertiary/aromatic N) is 6. The number of anilines is 1. The average Bonchev–Trinajstić information content (AvgIpc) is 4.30. The number of thiophene rings is 2. The van der Waals surface area contributed by atoms with Crippen LogP contribution in [-0.4, -0.2) is 78.3 Å². The molecule has 12 rings (SSSR count). The van der Waals surface area contributed by atoms with Gasteiger partial charge in [0.2, 0.25) is 0 Å². The number of aromatic nitrogens is 10. The monoisotopic (exact) mass is 1130 g/mol. The van der Waals surface area contributed by atoms with Gasteiger partial charge in [0.1, 0.15) is 39.9 Å². The third-order valence-electron chi connectivity index (χ3n) is 11.8. The fourth-order valence-electron chi connectivity index (χ4n) is 8.24. The minimum Gasteiger partial charge on any atom is -0.497 e. The van der Waals surface area contributed by atoms with Gasteiger partial charge in [-0.3, -0.25) is 24.4 Å². The summed E-state index contributed by atoms with van der Waals surface area (Å²) < 4.78 is 22.0. The van der Waals surface area contributed by atoms with Crippen LogP contribution in [0.1, 0.15) is 18.6 Å². The van der Waals surface area contributed by atoms with Gasteiger partial charge in [0.15, 0.2) is 43.0 Å². The van der Waals surface area contributed by atoms with E-state index in [0.717, 1.165) is 39.2 Å². The Morgan fingerprint density at radius 2 is 1.00 bits per heavy atom. The van der Waals surface area contributed by atoms with Gasteiger partial charge in [-0.1, -0.05) is 62.5 Å². The standard InChI is InChI=1S/2C20H16N4O3S.C15H10N4OS2.CH4/c1-26-13-7-3-5-11(9-13)15-16(12-6-4-8-14(10-12)27-2)22-18-17(21-15)19(25)24-20(28)23-18;1-26-13-9-5-3-7-11(13)15-16(12-8-4-6-10-14(12)27-2)22-18-17(21-15)19(25)24-20(28)23-18;1-8-16-14-13(15(20)17-8)18-11(9-2-4-21-6-9)12(19-14)10-3-5-22-7-10;/h2*3-10H,1-2H3,(H2,22,23,24,25,28);2-7H,1H2,(H,16,19)(H,17,20);1H4. The van der Waals surface area contributed by atoms with Crippen molar-refractivity contribution in [3.05, 3.63) is 193 Å². The first-order chi connectivity index (χ1) is 37.9. The lowest BCUT2D eigenvalue weighted by molar-refractivity contribution is 0.415. The van der Waals surface area contributed by atoms with Crippen molar-refractivity contribution in [3.63, 3.8) is 0 Å². The first-order valence-corrected chi connectivity index (χ1v) is 26.0. The van der Waals surface area contributed by atoms with E-state index in [4.69, 9.17) is 43.4 Å². The van der Waals surface area contributed by atoms with Crippen LogP contribution in [0.15, 0.2) is 150 Å². The van der Waals surface area contributed by atoms with Crippen molar-refractivity contribution >= 4 is 93.2 Å². The van der Waals surface area contributed by atoms with Crippen LogP contribution in [0.2, 0.25) is 0 Å². The molecule has 0 unspecified atom stereocenters. The van der Waals surface area contributed by atoms with Crippen LogP contribution >= 0.6 is 47.1 Å². The summed E-state index contributed by atoms with van der Waals surface area (Å²) in [7, 11) is 6.37. The van der Waals surface area contributed by atoms with E-state index in [9.17, 15) is 14.4 Å². The number of H-pyrrole nitrogens is 5. The molecule has 8 heterocycles. The highest BCUT2D eigenvalue weighted by atomic mass is 32.1. The van der Waals surface area contributed by atoms with Crippen LogP contribution in [0, 0.1) is 9.54 Å². The molecule has 6 N–H and O–H groups in total. The molecule has 1 aliphatic heterocycles. The number of benzene rings is 4. The molecule has 0 saturated heterocycles. The van der Waals surface area contributed by atoms with Gasteiger partial charge in [-0.25, -0.2) is 29.9 Å². The number of methoxy groups -OCH3 is 4. The van der Waals surface area contributed by atoms with Crippen LogP contribution in [0.3, 0.4) is 0 Å². The number of hydrogen-bond donors (Lipinski definition) is 6. The second kappa shape index (κ2) is 23.8. The van der Waals surface area contributed by atoms with E-state index < -0.39 is 11.1 Å². The maximum absolute atomic E-state index is 12.4. The smallest absolute Gasteiger partial charge is 0.279 e. The lowest BCUT2D eigenvalue weighted by Crippen LogP contribution is -2.39. The van der Waals surface area contributed by atoms with E-state index in [1.165, 1.54) is 0 Å². The molecule has 0 atom stereocenters. The number of nitrogens with one attached hydrogen (secondary N) is 6. The Bertz CT molecular complexity index is 4540. The Kier molecular flexibility index (Phi) is 16.3. The average molecular weight is 1130 g/mol. The summed E-state index contributed by atoms with van der Waals surface area (Å²) in [5, 5.41) is 11.6. The molecule has 11 aromatic rings. The highest BCUT2D eigenvalue weighted by Crippen LogP contribution is 2.39. The SMILES string of the molecule is C.C=c1nc2c(c(=O)[nH]1)=NC(c1ccsc1)=C(c1ccsc1)N2.COc1cccc(-c2nc3[nH]c(=S)[nH]c(=O)c3nc2-c2cccc(OC)c2)c1.COc1ccccc1-c1nc2[nH]c(=S)[nH]c(=O)c2nc1-c1ccccc1OC. The zero-order valence-corrected chi connectivity index (χ0v) is 44.8. The quantitative estimate of drug-likeness (QED) is 0.0697. The fourth-order valence-corrected chi connectivity index (χ4v) is 9.90. The van der Waals surface area contributed by atoms with Gasteiger partial charge in [0, 0.05) is 44.1 Å². The Morgan fingerprint density at radius 3 is 1.52 bits per heavy atom. The third-order valence-corrected chi connectivity index (χ3v) is 13.6. The number of aromatic amines is 5. The highest BCUT2D eigenvalue weighted by Gasteiger charge is 2.22. The van der Waals surface area contributed by atoms with E-state index in [1.54, 1.807) is 51.1 Å². The minimum atomic E-state index is -0.408. The van der Waals surface area contributed by atoms with E-state index >= 15 is 0 Å². The molecule has 0 fully saturated rings. The third kappa shape index (κ3) is 11.5. The Morgan fingerprint density at radius 1 is 0.506 bits per heavy atom. The molecule has 0 bridgehead atoms. The molecule has 7 aromatic heterocycles. The number of fused-ring (bicyclic) bond motifs is 3. The Labute approximate surface area is 466 Å².